The Labute approximate surface area is 330 Å². The van der Waals surface area contributed by atoms with E-state index in [1.807, 2.05) is 5.38 Å². The summed E-state index contributed by atoms with van der Waals surface area (Å²) in [5, 5.41) is 27.9. The van der Waals surface area contributed by atoms with Gasteiger partial charge in [-0.2, -0.15) is 4.98 Å². The molecule has 4 aromatic heterocycles. The SMILES string of the molecule is CCc1nc(N2CCC(N(C)C)CC2)c2c(-c3ccccc3)csc2n1.OCCNc1nc(N2CCC(CCO)CC2)c2c(-c3ccc(F)cc3)csc2n1. The Hall–Kier alpha value is -4.27. The van der Waals surface area contributed by atoms with Gasteiger partial charge in [0.2, 0.25) is 5.95 Å². The Morgan fingerprint density at radius 3 is 1.91 bits per heavy atom. The number of aryl methyl sites for hydroxylation is 1. The summed E-state index contributed by atoms with van der Waals surface area (Å²) in [7, 11) is 4.37. The van der Waals surface area contributed by atoms with Crippen molar-refractivity contribution in [2.24, 2.45) is 5.92 Å². The molecule has 290 valence electrons. The second kappa shape index (κ2) is 18.1. The molecule has 2 fully saturated rings. The number of hydrogen-bond donors (Lipinski definition) is 3. The zero-order valence-electron chi connectivity index (χ0n) is 31.9. The monoisotopic (exact) mass is 782 g/mol. The number of benzene rings is 2. The summed E-state index contributed by atoms with van der Waals surface area (Å²) >= 11 is 3.28. The lowest BCUT2D eigenvalue weighted by molar-refractivity contribution is 0.240. The van der Waals surface area contributed by atoms with Crippen LogP contribution in [-0.4, -0.2) is 101 Å². The molecule has 0 aliphatic carbocycles. The fraction of sp³-hybridized carbons (Fsp3) is 0.429. The van der Waals surface area contributed by atoms with Gasteiger partial charge in [-0.05, 0) is 75.4 Å². The summed E-state index contributed by atoms with van der Waals surface area (Å²) in [6.45, 7) is 6.62. The summed E-state index contributed by atoms with van der Waals surface area (Å²) in [6, 6.07) is 17.8. The lowest BCUT2D eigenvalue weighted by atomic mass is 9.93. The molecule has 0 atom stereocenters. The zero-order chi connectivity index (χ0) is 38.3. The van der Waals surface area contributed by atoms with Crippen molar-refractivity contribution in [2.45, 2.75) is 51.5 Å². The van der Waals surface area contributed by atoms with Gasteiger partial charge in [0, 0.05) is 73.7 Å². The van der Waals surface area contributed by atoms with Crippen molar-refractivity contribution >= 4 is 60.7 Å². The molecule has 0 saturated carbocycles. The summed E-state index contributed by atoms with van der Waals surface area (Å²) in [6.07, 6.45) is 6.11. The molecule has 6 aromatic rings. The van der Waals surface area contributed by atoms with E-state index in [-0.39, 0.29) is 19.0 Å². The van der Waals surface area contributed by atoms with Crippen molar-refractivity contribution in [1.82, 2.24) is 24.8 Å². The molecule has 0 amide bonds. The first-order valence-electron chi connectivity index (χ1n) is 19.4. The van der Waals surface area contributed by atoms with E-state index in [9.17, 15) is 9.50 Å². The fourth-order valence-corrected chi connectivity index (χ4v) is 9.54. The molecule has 0 spiro atoms. The number of fused-ring (bicyclic) bond motifs is 2. The summed E-state index contributed by atoms with van der Waals surface area (Å²) < 4.78 is 13.4. The maximum atomic E-state index is 13.4. The summed E-state index contributed by atoms with van der Waals surface area (Å²) in [5.41, 5.74) is 4.45. The number of thiophene rings is 2. The highest BCUT2D eigenvalue weighted by molar-refractivity contribution is 7.17. The van der Waals surface area contributed by atoms with Crippen LogP contribution >= 0.6 is 22.7 Å². The van der Waals surface area contributed by atoms with Crippen molar-refractivity contribution in [3.05, 3.63) is 77.0 Å². The molecule has 8 rings (SSSR count). The van der Waals surface area contributed by atoms with Crippen LogP contribution in [0.3, 0.4) is 0 Å². The molecule has 0 radical (unpaired) electrons. The van der Waals surface area contributed by atoms with Crippen molar-refractivity contribution in [3.8, 4) is 22.3 Å². The topological polar surface area (TPSA) is 114 Å². The van der Waals surface area contributed by atoms with E-state index in [1.165, 1.54) is 41.5 Å². The number of piperidine rings is 2. The third kappa shape index (κ3) is 8.92. The molecule has 2 aliphatic heterocycles. The number of aliphatic hydroxyl groups excluding tert-OH is 2. The molecule has 6 heterocycles. The van der Waals surface area contributed by atoms with Gasteiger partial charge in [0.25, 0.3) is 0 Å². The second-order valence-corrected chi connectivity index (χ2v) is 16.2. The van der Waals surface area contributed by atoms with Gasteiger partial charge in [0.05, 0.1) is 17.4 Å². The Kier molecular flexibility index (Phi) is 12.8. The van der Waals surface area contributed by atoms with Crippen LogP contribution in [0.1, 0.15) is 44.9 Å². The number of aliphatic hydroxyl groups is 2. The molecular formula is C42H51FN8O2S2. The van der Waals surface area contributed by atoms with Gasteiger partial charge in [-0.3, -0.25) is 0 Å². The number of aromatic nitrogens is 4. The normalized spacial score (nSPS) is 15.5. The van der Waals surface area contributed by atoms with Crippen molar-refractivity contribution in [1.29, 1.82) is 0 Å². The fourth-order valence-electron chi connectivity index (χ4n) is 7.63. The van der Waals surface area contributed by atoms with E-state index < -0.39 is 0 Å². The molecule has 2 aromatic carbocycles. The van der Waals surface area contributed by atoms with Crippen LogP contribution in [0.15, 0.2) is 65.4 Å². The van der Waals surface area contributed by atoms with Crippen LogP contribution in [0.2, 0.25) is 0 Å². The minimum absolute atomic E-state index is 0.00849. The van der Waals surface area contributed by atoms with E-state index >= 15 is 0 Å². The van der Waals surface area contributed by atoms with Crippen molar-refractivity contribution in [3.63, 3.8) is 0 Å². The van der Waals surface area contributed by atoms with Crippen molar-refractivity contribution < 1.29 is 14.6 Å². The predicted molar refractivity (Wildman–Crippen MR) is 226 cm³/mol. The number of nitrogens with one attached hydrogen (secondary N) is 1. The van der Waals surface area contributed by atoms with Gasteiger partial charge in [-0.15, -0.1) is 22.7 Å². The first kappa shape index (κ1) is 39.0. The average Bonchev–Trinajstić information content (AvgIpc) is 3.86. The maximum Gasteiger partial charge on any atom is 0.226 e. The predicted octanol–water partition coefficient (Wildman–Crippen LogP) is 7.95. The van der Waals surface area contributed by atoms with Crippen LogP contribution in [0, 0.1) is 11.7 Å². The van der Waals surface area contributed by atoms with Crippen LogP contribution < -0.4 is 15.1 Å². The Morgan fingerprint density at radius 1 is 0.745 bits per heavy atom. The summed E-state index contributed by atoms with van der Waals surface area (Å²) in [5.74, 6) is 3.74. The smallest absolute Gasteiger partial charge is 0.226 e. The van der Waals surface area contributed by atoms with Gasteiger partial charge in [0.1, 0.15) is 32.9 Å². The molecule has 0 unspecified atom stereocenters. The first-order chi connectivity index (χ1) is 26.9. The average molecular weight is 783 g/mol. The zero-order valence-corrected chi connectivity index (χ0v) is 33.6. The van der Waals surface area contributed by atoms with Gasteiger partial charge in [-0.25, -0.2) is 19.3 Å². The third-order valence-corrected chi connectivity index (χ3v) is 12.5. The van der Waals surface area contributed by atoms with Crippen LogP contribution in [0.5, 0.6) is 0 Å². The van der Waals surface area contributed by atoms with E-state index in [2.05, 4.69) is 81.7 Å². The summed E-state index contributed by atoms with van der Waals surface area (Å²) in [4.78, 5) is 28.3. The largest absolute Gasteiger partial charge is 0.396 e. The Morgan fingerprint density at radius 2 is 1.33 bits per heavy atom. The quantitative estimate of drug-likeness (QED) is 0.120. The van der Waals surface area contributed by atoms with Gasteiger partial charge in [-0.1, -0.05) is 49.4 Å². The number of rotatable bonds is 11. The minimum Gasteiger partial charge on any atom is -0.396 e. The van der Waals surface area contributed by atoms with Crippen LogP contribution in [0.25, 0.3) is 42.7 Å². The Bertz CT molecular complexity index is 2140. The number of halogens is 1. The number of hydrogen-bond acceptors (Lipinski definition) is 12. The Balaban J connectivity index is 0.000000170. The molecule has 55 heavy (non-hydrogen) atoms. The maximum absolute atomic E-state index is 13.4. The number of nitrogens with zero attached hydrogens (tertiary/aromatic N) is 7. The lowest BCUT2D eigenvalue weighted by Crippen LogP contribution is -2.42. The molecular weight excluding hydrogens is 732 g/mol. The van der Waals surface area contributed by atoms with Gasteiger partial charge < -0.3 is 30.2 Å². The lowest BCUT2D eigenvalue weighted by Gasteiger charge is -2.36. The van der Waals surface area contributed by atoms with E-state index in [1.54, 1.807) is 34.8 Å². The molecule has 2 saturated heterocycles. The molecule has 13 heteroatoms. The van der Waals surface area contributed by atoms with Gasteiger partial charge >= 0.3 is 0 Å². The second-order valence-electron chi connectivity index (χ2n) is 14.5. The first-order valence-corrected chi connectivity index (χ1v) is 21.1. The van der Waals surface area contributed by atoms with Crippen LogP contribution in [-0.2, 0) is 6.42 Å². The highest BCUT2D eigenvalue weighted by Crippen LogP contribution is 2.41. The standard InChI is InChI=1S/C21H25FN4O2S.C21H26N4S/c22-16-3-1-15(2-4-16)17-13-29-20-18(17)19(24-21(25-20)23-8-12-28)26-9-5-14(6-10-26)7-11-27;1-4-18-22-20(25-12-10-16(11-13-25)24(2)3)19-17(14-26-21(19)23-18)15-8-6-5-7-9-15/h1-4,13-14,27-28H,5-12H2,(H,23,24,25);5-9,14,16H,4,10-13H2,1-3H3. The van der Waals surface area contributed by atoms with E-state index in [4.69, 9.17) is 20.1 Å². The van der Waals surface area contributed by atoms with Crippen LogP contribution in [0.4, 0.5) is 22.0 Å². The molecule has 10 nitrogen and oxygen atoms in total. The molecule has 2 aliphatic rings. The van der Waals surface area contributed by atoms with E-state index in [0.717, 1.165) is 95.5 Å². The number of anilines is 3. The van der Waals surface area contributed by atoms with Crippen molar-refractivity contribution in [2.75, 3.05) is 75.1 Å². The highest BCUT2D eigenvalue weighted by atomic mass is 32.1. The third-order valence-electron chi connectivity index (χ3n) is 10.8. The molecule has 3 N–H and O–H groups in total. The highest BCUT2D eigenvalue weighted by Gasteiger charge is 2.27. The minimum atomic E-state index is -0.258. The molecule has 0 bridgehead atoms. The van der Waals surface area contributed by atoms with E-state index in [0.29, 0.717) is 24.5 Å². The van der Waals surface area contributed by atoms with Gasteiger partial charge in [0.15, 0.2) is 0 Å².